The fourth-order valence-corrected chi connectivity index (χ4v) is 1.71. The number of rotatable bonds is 5. The van der Waals surface area contributed by atoms with Gasteiger partial charge < -0.3 is 10.1 Å². The van der Waals surface area contributed by atoms with Gasteiger partial charge in [0.15, 0.2) is 6.04 Å². The van der Waals surface area contributed by atoms with E-state index >= 15 is 0 Å². The third kappa shape index (κ3) is 5.66. The molecule has 0 aliphatic heterocycles. The lowest BCUT2D eigenvalue weighted by molar-refractivity contribution is -0.147. The van der Waals surface area contributed by atoms with E-state index in [4.69, 9.17) is 0 Å². The maximum absolute atomic E-state index is 11.3. The van der Waals surface area contributed by atoms with Gasteiger partial charge in [0.25, 0.3) is 10.1 Å². The van der Waals surface area contributed by atoms with Crippen LogP contribution < -0.4 is 5.32 Å². The molecule has 0 aliphatic carbocycles. The molecule has 0 spiro atoms. The third-order valence-electron chi connectivity index (χ3n) is 1.61. The number of carbonyl (C=O) groups excluding carboxylic acids is 2. The van der Waals surface area contributed by atoms with Crippen LogP contribution in [0, 0.1) is 0 Å². The Hall–Kier alpha value is -1.15. The Morgan fingerprint density at radius 3 is 2.12 bits per heavy atom. The number of carbonyl (C=O) groups is 2. The van der Waals surface area contributed by atoms with Crippen molar-refractivity contribution in [2.24, 2.45) is 0 Å². The molecule has 8 heteroatoms. The van der Waals surface area contributed by atoms with Crippen LogP contribution in [0.5, 0.6) is 0 Å². The van der Waals surface area contributed by atoms with Gasteiger partial charge in [-0.25, -0.2) is 4.79 Å². The first kappa shape index (κ1) is 14.8. The summed E-state index contributed by atoms with van der Waals surface area (Å²) in [6.45, 7) is 2.54. The molecule has 0 aromatic carbocycles. The van der Waals surface area contributed by atoms with E-state index in [0.29, 0.717) is 0 Å². The molecule has 0 saturated carbocycles. The van der Waals surface area contributed by atoms with Crippen LogP contribution >= 0.6 is 0 Å². The second-order valence-corrected chi connectivity index (χ2v) is 4.81. The molecule has 2 atom stereocenters. The standard InChI is InChI=1S/C8H15NO6S/c1-5(15-16(4,12)13)7(8(11)14-3)9-6(2)10/h5,7H,1-4H3,(H,9,10)/t5-,7+/m1/s1. The number of amides is 1. The van der Waals surface area contributed by atoms with Gasteiger partial charge in [-0.15, -0.1) is 0 Å². The fraction of sp³-hybridized carbons (Fsp3) is 0.750. The summed E-state index contributed by atoms with van der Waals surface area (Å²) in [6, 6.07) is -1.16. The SMILES string of the molecule is COC(=O)[C@@H](NC(C)=O)[C@@H](C)OS(C)(=O)=O. The predicted molar refractivity (Wildman–Crippen MR) is 55.0 cm³/mol. The molecule has 0 heterocycles. The average molecular weight is 253 g/mol. The van der Waals surface area contributed by atoms with Crippen molar-refractivity contribution in [1.82, 2.24) is 5.32 Å². The lowest BCUT2D eigenvalue weighted by Gasteiger charge is -2.21. The van der Waals surface area contributed by atoms with Gasteiger partial charge in [0.05, 0.1) is 13.4 Å². The molecule has 0 aromatic heterocycles. The molecular formula is C8H15NO6S. The Kier molecular flexibility index (Phi) is 5.39. The molecule has 94 valence electrons. The van der Waals surface area contributed by atoms with Crippen LogP contribution in [0.25, 0.3) is 0 Å². The second kappa shape index (κ2) is 5.80. The molecular weight excluding hydrogens is 238 g/mol. The number of ether oxygens (including phenoxy) is 1. The van der Waals surface area contributed by atoms with Gasteiger partial charge in [-0.05, 0) is 6.92 Å². The first-order valence-electron chi connectivity index (χ1n) is 4.40. The molecule has 0 radical (unpaired) electrons. The summed E-state index contributed by atoms with van der Waals surface area (Å²) in [6.07, 6.45) is -0.183. The van der Waals surface area contributed by atoms with Crippen LogP contribution in [0.3, 0.4) is 0 Å². The Morgan fingerprint density at radius 2 is 1.81 bits per heavy atom. The number of hydrogen-bond acceptors (Lipinski definition) is 6. The van der Waals surface area contributed by atoms with Crippen LogP contribution in [-0.2, 0) is 28.6 Å². The van der Waals surface area contributed by atoms with Crippen molar-refractivity contribution in [2.45, 2.75) is 26.0 Å². The van der Waals surface area contributed by atoms with Crippen molar-refractivity contribution < 1.29 is 26.9 Å². The number of methoxy groups -OCH3 is 1. The smallest absolute Gasteiger partial charge is 0.331 e. The summed E-state index contributed by atoms with van der Waals surface area (Å²) in [7, 11) is -2.58. The maximum atomic E-state index is 11.3. The van der Waals surface area contributed by atoms with Crippen molar-refractivity contribution in [2.75, 3.05) is 13.4 Å². The van der Waals surface area contributed by atoms with Gasteiger partial charge in [-0.3, -0.25) is 8.98 Å². The normalized spacial score (nSPS) is 15.0. The highest BCUT2D eigenvalue weighted by atomic mass is 32.2. The largest absolute Gasteiger partial charge is 0.467 e. The first-order valence-corrected chi connectivity index (χ1v) is 6.22. The summed E-state index contributed by atoms with van der Waals surface area (Å²) >= 11 is 0. The van der Waals surface area contributed by atoms with Crippen molar-refractivity contribution in [3.8, 4) is 0 Å². The third-order valence-corrected chi connectivity index (χ3v) is 2.26. The van der Waals surface area contributed by atoms with Gasteiger partial charge in [-0.2, -0.15) is 8.42 Å². The van der Waals surface area contributed by atoms with Crippen LogP contribution in [-0.4, -0.2) is 45.8 Å². The van der Waals surface area contributed by atoms with Gasteiger partial charge in [0.2, 0.25) is 5.91 Å². The Balaban J connectivity index is 4.75. The maximum Gasteiger partial charge on any atom is 0.331 e. The van der Waals surface area contributed by atoms with E-state index in [1.807, 2.05) is 0 Å². The zero-order chi connectivity index (χ0) is 12.9. The molecule has 0 bridgehead atoms. The summed E-state index contributed by atoms with van der Waals surface area (Å²) in [5.74, 6) is -1.26. The summed E-state index contributed by atoms with van der Waals surface area (Å²) in [5.41, 5.74) is 0. The van der Waals surface area contributed by atoms with E-state index in [1.165, 1.54) is 13.8 Å². The molecule has 7 nitrogen and oxygen atoms in total. The zero-order valence-electron chi connectivity index (χ0n) is 9.51. The Bertz CT molecular complexity index is 363. The van der Waals surface area contributed by atoms with E-state index in [1.54, 1.807) is 0 Å². The minimum absolute atomic E-state index is 0.487. The van der Waals surface area contributed by atoms with Crippen LogP contribution in [0.15, 0.2) is 0 Å². The minimum atomic E-state index is -3.70. The van der Waals surface area contributed by atoms with Crippen molar-refractivity contribution in [3.63, 3.8) is 0 Å². The highest BCUT2D eigenvalue weighted by Crippen LogP contribution is 2.05. The summed E-state index contributed by atoms with van der Waals surface area (Å²) < 4.78 is 30.7. The van der Waals surface area contributed by atoms with Gasteiger partial charge in [-0.1, -0.05) is 0 Å². The van der Waals surface area contributed by atoms with Gasteiger partial charge in [0.1, 0.15) is 6.10 Å². The lowest BCUT2D eigenvalue weighted by Crippen LogP contribution is -2.49. The molecule has 0 aliphatic rings. The highest BCUT2D eigenvalue weighted by Gasteiger charge is 2.29. The molecule has 0 saturated heterocycles. The second-order valence-electron chi connectivity index (χ2n) is 3.21. The highest BCUT2D eigenvalue weighted by molar-refractivity contribution is 7.86. The van der Waals surface area contributed by atoms with Gasteiger partial charge >= 0.3 is 5.97 Å². The zero-order valence-corrected chi connectivity index (χ0v) is 10.3. The van der Waals surface area contributed by atoms with Crippen LogP contribution in [0.2, 0.25) is 0 Å². The quantitative estimate of drug-likeness (QED) is 0.500. The number of hydrogen-bond donors (Lipinski definition) is 1. The molecule has 16 heavy (non-hydrogen) atoms. The molecule has 1 N–H and O–H groups in total. The number of nitrogens with one attached hydrogen (secondary N) is 1. The van der Waals surface area contributed by atoms with Gasteiger partial charge in [0, 0.05) is 6.92 Å². The molecule has 1 amide bonds. The Labute approximate surface area is 94.2 Å². The van der Waals surface area contributed by atoms with Crippen molar-refractivity contribution in [1.29, 1.82) is 0 Å². The van der Waals surface area contributed by atoms with E-state index in [-0.39, 0.29) is 0 Å². The topological polar surface area (TPSA) is 98.8 Å². The van der Waals surface area contributed by atoms with E-state index in [0.717, 1.165) is 13.4 Å². The molecule has 0 unspecified atom stereocenters. The van der Waals surface area contributed by atoms with E-state index in [9.17, 15) is 18.0 Å². The van der Waals surface area contributed by atoms with Crippen molar-refractivity contribution in [3.05, 3.63) is 0 Å². The summed E-state index contributed by atoms with van der Waals surface area (Å²) in [4.78, 5) is 22.1. The summed E-state index contributed by atoms with van der Waals surface area (Å²) in [5, 5.41) is 2.25. The minimum Gasteiger partial charge on any atom is -0.467 e. The first-order chi connectivity index (χ1) is 7.17. The number of esters is 1. The molecule has 0 aromatic rings. The van der Waals surface area contributed by atoms with E-state index in [2.05, 4.69) is 14.2 Å². The molecule has 0 fully saturated rings. The average Bonchev–Trinajstić information content (AvgIpc) is 2.09. The lowest BCUT2D eigenvalue weighted by atomic mass is 10.2. The molecule has 0 rings (SSSR count). The van der Waals surface area contributed by atoms with Crippen LogP contribution in [0.4, 0.5) is 0 Å². The fourth-order valence-electron chi connectivity index (χ4n) is 1.05. The Morgan fingerprint density at radius 1 is 1.31 bits per heavy atom. The van der Waals surface area contributed by atoms with Crippen LogP contribution in [0.1, 0.15) is 13.8 Å². The van der Waals surface area contributed by atoms with Crippen molar-refractivity contribution >= 4 is 22.0 Å². The monoisotopic (exact) mass is 253 g/mol. The predicted octanol–water partition coefficient (Wildman–Crippen LogP) is -0.971. The van der Waals surface area contributed by atoms with E-state index < -0.39 is 34.1 Å².